The SMILES string of the molecule is COC(=O)c1ccc(NC(=O)[C@@H](N)CC(C)C)cc1C. The van der Waals surface area contributed by atoms with E-state index < -0.39 is 12.0 Å². The number of nitrogens with two attached hydrogens (primary N) is 1. The van der Waals surface area contributed by atoms with Gasteiger partial charge in [0, 0.05) is 5.69 Å². The first-order valence-electron chi connectivity index (χ1n) is 6.60. The number of methoxy groups -OCH3 is 1. The number of esters is 1. The number of hydrogen-bond acceptors (Lipinski definition) is 4. The van der Waals surface area contributed by atoms with E-state index in [-0.39, 0.29) is 5.91 Å². The lowest BCUT2D eigenvalue weighted by Gasteiger charge is -2.15. The fourth-order valence-electron chi connectivity index (χ4n) is 1.93. The summed E-state index contributed by atoms with van der Waals surface area (Å²) in [6.07, 6.45) is 0.630. The molecule has 5 heteroatoms. The number of aryl methyl sites for hydroxylation is 1. The number of nitrogens with one attached hydrogen (secondary N) is 1. The van der Waals surface area contributed by atoms with Gasteiger partial charge in [-0.25, -0.2) is 4.79 Å². The van der Waals surface area contributed by atoms with Crippen LogP contribution in [0.2, 0.25) is 0 Å². The van der Waals surface area contributed by atoms with Crippen LogP contribution in [0.25, 0.3) is 0 Å². The monoisotopic (exact) mass is 278 g/mol. The Hall–Kier alpha value is -1.88. The van der Waals surface area contributed by atoms with E-state index in [1.807, 2.05) is 13.8 Å². The molecule has 1 aromatic rings. The standard InChI is InChI=1S/C15H22N2O3/c1-9(2)7-13(16)14(18)17-11-5-6-12(10(3)8-11)15(19)20-4/h5-6,8-9,13H,7,16H2,1-4H3,(H,17,18)/t13-/m0/s1. The largest absolute Gasteiger partial charge is 0.465 e. The third kappa shape index (κ3) is 4.35. The number of hydrogen-bond donors (Lipinski definition) is 2. The maximum absolute atomic E-state index is 11.9. The molecule has 0 aliphatic rings. The minimum absolute atomic E-state index is 0.219. The van der Waals surface area contributed by atoms with Crippen molar-refractivity contribution in [3.63, 3.8) is 0 Å². The van der Waals surface area contributed by atoms with Crippen LogP contribution in [-0.4, -0.2) is 25.0 Å². The molecule has 0 bridgehead atoms. The molecule has 1 rings (SSSR count). The lowest BCUT2D eigenvalue weighted by Crippen LogP contribution is -2.36. The van der Waals surface area contributed by atoms with Gasteiger partial charge in [0.1, 0.15) is 0 Å². The van der Waals surface area contributed by atoms with Crippen molar-refractivity contribution < 1.29 is 14.3 Å². The van der Waals surface area contributed by atoms with Gasteiger partial charge in [0.05, 0.1) is 18.7 Å². The smallest absolute Gasteiger partial charge is 0.338 e. The van der Waals surface area contributed by atoms with Crippen molar-refractivity contribution in [1.82, 2.24) is 0 Å². The summed E-state index contributed by atoms with van der Waals surface area (Å²) in [6, 6.07) is 4.49. The van der Waals surface area contributed by atoms with Crippen LogP contribution in [0.15, 0.2) is 18.2 Å². The Morgan fingerprint density at radius 1 is 1.35 bits per heavy atom. The third-order valence-electron chi connectivity index (χ3n) is 2.96. The zero-order valence-corrected chi connectivity index (χ0v) is 12.4. The third-order valence-corrected chi connectivity index (χ3v) is 2.96. The molecule has 110 valence electrons. The molecule has 0 aromatic heterocycles. The maximum atomic E-state index is 11.9. The van der Waals surface area contributed by atoms with Gasteiger partial charge in [-0.05, 0) is 43.0 Å². The van der Waals surface area contributed by atoms with Crippen LogP contribution in [0.5, 0.6) is 0 Å². The van der Waals surface area contributed by atoms with Crippen LogP contribution in [0.1, 0.15) is 36.2 Å². The zero-order chi connectivity index (χ0) is 15.3. The molecule has 0 heterocycles. The highest BCUT2D eigenvalue weighted by Gasteiger charge is 2.16. The Kier molecular flexibility index (Phi) is 5.70. The molecule has 1 amide bonds. The lowest BCUT2D eigenvalue weighted by atomic mass is 10.0. The van der Waals surface area contributed by atoms with Crippen LogP contribution >= 0.6 is 0 Å². The lowest BCUT2D eigenvalue weighted by molar-refractivity contribution is -0.117. The molecule has 0 saturated heterocycles. The highest BCUT2D eigenvalue weighted by Crippen LogP contribution is 2.16. The predicted octanol–water partition coefficient (Wildman–Crippen LogP) is 2.09. The first-order valence-corrected chi connectivity index (χ1v) is 6.60. The van der Waals surface area contributed by atoms with Gasteiger partial charge < -0.3 is 15.8 Å². The molecule has 1 atom stereocenters. The quantitative estimate of drug-likeness (QED) is 0.808. The summed E-state index contributed by atoms with van der Waals surface area (Å²) in [6.45, 7) is 5.82. The van der Waals surface area contributed by atoms with E-state index in [2.05, 4.69) is 10.1 Å². The fourth-order valence-corrected chi connectivity index (χ4v) is 1.93. The maximum Gasteiger partial charge on any atom is 0.338 e. The van der Waals surface area contributed by atoms with Crippen molar-refractivity contribution in [3.05, 3.63) is 29.3 Å². The van der Waals surface area contributed by atoms with Crippen molar-refractivity contribution in [2.45, 2.75) is 33.2 Å². The van der Waals surface area contributed by atoms with E-state index in [4.69, 9.17) is 5.73 Å². The summed E-state index contributed by atoms with van der Waals surface area (Å²) in [5, 5.41) is 2.76. The molecule has 0 spiro atoms. The summed E-state index contributed by atoms with van der Waals surface area (Å²) in [7, 11) is 1.34. The second kappa shape index (κ2) is 7.05. The highest BCUT2D eigenvalue weighted by molar-refractivity contribution is 5.96. The summed E-state index contributed by atoms with van der Waals surface area (Å²) in [5.74, 6) is -0.250. The van der Waals surface area contributed by atoms with Crippen LogP contribution in [0, 0.1) is 12.8 Å². The van der Waals surface area contributed by atoms with Crippen LogP contribution in [0.3, 0.4) is 0 Å². The van der Waals surface area contributed by atoms with E-state index in [0.29, 0.717) is 23.6 Å². The van der Waals surface area contributed by atoms with Gasteiger partial charge in [0.15, 0.2) is 0 Å². The minimum atomic E-state index is -0.532. The average molecular weight is 278 g/mol. The van der Waals surface area contributed by atoms with E-state index in [1.54, 1.807) is 25.1 Å². The van der Waals surface area contributed by atoms with Gasteiger partial charge in [-0.1, -0.05) is 13.8 Å². The van der Waals surface area contributed by atoms with Crippen molar-refractivity contribution >= 4 is 17.6 Å². The molecule has 20 heavy (non-hydrogen) atoms. The second-order valence-corrected chi connectivity index (χ2v) is 5.25. The second-order valence-electron chi connectivity index (χ2n) is 5.25. The van der Waals surface area contributed by atoms with Crippen LogP contribution in [0.4, 0.5) is 5.69 Å². The van der Waals surface area contributed by atoms with Crippen molar-refractivity contribution in [3.8, 4) is 0 Å². The van der Waals surface area contributed by atoms with Crippen LogP contribution < -0.4 is 11.1 Å². The molecule has 0 radical (unpaired) electrons. The Morgan fingerprint density at radius 3 is 2.50 bits per heavy atom. The summed E-state index contributed by atoms with van der Waals surface area (Å²) in [5.41, 5.74) is 7.67. The van der Waals surface area contributed by atoms with Crippen molar-refractivity contribution in [1.29, 1.82) is 0 Å². The Bertz CT molecular complexity index is 498. The van der Waals surface area contributed by atoms with Crippen LogP contribution in [-0.2, 0) is 9.53 Å². The van der Waals surface area contributed by atoms with Gasteiger partial charge in [0.25, 0.3) is 0 Å². The number of carbonyl (C=O) groups is 2. The number of carbonyl (C=O) groups excluding carboxylic acids is 2. The predicted molar refractivity (Wildman–Crippen MR) is 78.6 cm³/mol. The van der Waals surface area contributed by atoms with Crippen molar-refractivity contribution in [2.24, 2.45) is 11.7 Å². The van der Waals surface area contributed by atoms with E-state index in [0.717, 1.165) is 5.56 Å². The highest BCUT2D eigenvalue weighted by atomic mass is 16.5. The van der Waals surface area contributed by atoms with E-state index >= 15 is 0 Å². The average Bonchev–Trinajstić information content (AvgIpc) is 2.37. The first-order chi connectivity index (χ1) is 9.35. The number of benzene rings is 1. The van der Waals surface area contributed by atoms with Gasteiger partial charge in [0.2, 0.25) is 5.91 Å². The fraction of sp³-hybridized carbons (Fsp3) is 0.467. The number of amides is 1. The van der Waals surface area contributed by atoms with Gasteiger partial charge in [-0.15, -0.1) is 0 Å². The molecule has 5 nitrogen and oxygen atoms in total. The van der Waals surface area contributed by atoms with Gasteiger partial charge in [-0.2, -0.15) is 0 Å². The molecule has 0 unspecified atom stereocenters. The molecule has 0 saturated carbocycles. The van der Waals surface area contributed by atoms with Gasteiger partial charge in [-0.3, -0.25) is 4.79 Å². The normalized spacial score (nSPS) is 12.1. The van der Waals surface area contributed by atoms with Crippen molar-refractivity contribution in [2.75, 3.05) is 12.4 Å². The van der Waals surface area contributed by atoms with Gasteiger partial charge >= 0.3 is 5.97 Å². The molecular weight excluding hydrogens is 256 g/mol. The summed E-state index contributed by atoms with van der Waals surface area (Å²) < 4.78 is 4.67. The van der Waals surface area contributed by atoms with E-state index in [9.17, 15) is 9.59 Å². The first kappa shape index (κ1) is 16.2. The zero-order valence-electron chi connectivity index (χ0n) is 12.4. The Morgan fingerprint density at radius 2 is 2.00 bits per heavy atom. The number of rotatable bonds is 5. The molecular formula is C15H22N2O3. The molecule has 0 aliphatic heterocycles. The molecule has 3 N–H and O–H groups in total. The topological polar surface area (TPSA) is 81.4 Å². The summed E-state index contributed by atoms with van der Waals surface area (Å²) >= 11 is 0. The number of anilines is 1. The summed E-state index contributed by atoms with van der Waals surface area (Å²) in [4.78, 5) is 23.4. The van der Waals surface area contributed by atoms with E-state index in [1.165, 1.54) is 7.11 Å². The Labute approximate surface area is 119 Å². The minimum Gasteiger partial charge on any atom is -0.465 e. The molecule has 0 fully saturated rings. The Balaban J connectivity index is 2.77. The number of ether oxygens (including phenoxy) is 1. The molecule has 1 aromatic carbocycles. The molecule has 0 aliphatic carbocycles.